The van der Waals surface area contributed by atoms with E-state index in [4.69, 9.17) is 4.74 Å². The molecular weight excluding hydrogens is 302 g/mol. The van der Waals surface area contributed by atoms with E-state index >= 15 is 0 Å². The number of fused-ring (bicyclic) bond motifs is 1. The second kappa shape index (κ2) is 6.09. The molecule has 1 fully saturated rings. The Labute approximate surface area is 140 Å². The number of hydrogen-bond donors (Lipinski definition) is 0. The first-order valence-corrected chi connectivity index (χ1v) is 8.09. The standard InChI is InChI=1S/C19H19N3O2/c1-21-12-16(15-4-2-3-5-17(15)21)19(23)22-10-11-24-18(13-22)14-6-8-20-9-7-14/h2-9,12,18H,10-11,13H2,1H3. The first-order valence-electron chi connectivity index (χ1n) is 8.09. The van der Waals surface area contributed by atoms with E-state index in [-0.39, 0.29) is 12.0 Å². The Bertz CT molecular complexity index is 873. The summed E-state index contributed by atoms with van der Waals surface area (Å²) in [6.45, 7) is 1.72. The highest BCUT2D eigenvalue weighted by atomic mass is 16.5. The van der Waals surface area contributed by atoms with Crippen molar-refractivity contribution in [3.8, 4) is 0 Å². The highest BCUT2D eigenvalue weighted by molar-refractivity contribution is 6.07. The van der Waals surface area contributed by atoms with Gasteiger partial charge in [-0.1, -0.05) is 18.2 Å². The molecule has 0 bridgehead atoms. The first-order chi connectivity index (χ1) is 11.7. The van der Waals surface area contributed by atoms with Gasteiger partial charge in [-0.3, -0.25) is 9.78 Å². The van der Waals surface area contributed by atoms with Crippen LogP contribution in [-0.2, 0) is 11.8 Å². The number of rotatable bonds is 2. The van der Waals surface area contributed by atoms with Crippen molar-refractivity contribution in [3.05, 3.63) is 66.1 Å². The second-order valence-electron chi connectivity index (χ2n) is 6.06. The van der Waals surface area contributed by atoms with Crippen LogP contribution < -0.4 is 0 Å². The van der Waals surface area contributed by atoms with Gasteiger partial charge in [-0.2, -0.15) is 0 Å². The maximum atomic E-state index is 13.0. The molecule has 3 heterocycles. The fourth-order valence-corrected chi connectivity index (χ4v) is 3.30. The van der Waals surface area contributed by atoms with Gasteiger partial charge in [0.05, 0.1) is 18.7 Å². The van der Waals surface area contributed by atoms with Crippen LogP contribution >= 0.6 is 0 Å². The summed E-state index contributed by atoms with van der Waals surface area (Å²) in [7, 11) is 1.97. The molecule has 122 valence electrons. The number of nitrogens with zero attached hydrogens (tertiary/aromatic N) is 3. The van der Waals surface area contributed by atoms with Crippen molar-refractivity contribution < 1.29 is 9.53 Å². The maximum Gasteiger partial charge on any atom is 0.256 e. The van der Waals surface area contributed by atoms with Crippen molar-refractivity contribution in [3.63, 3.8) is 0 Å². The molecular formula is C19H19N3O2. The zero-order valence-electron chi connectivity index (χ0n) is 13.6. The first kappa shape index (κ1) is 14.9. The zero-order chi connectivity index (χ0) is 16.5. The fourth-order valence-electron chi connectivity index (χ4n) is 3.30. The Kier molecular flexibility index (Phi) is 3.78. The molecule has 0 aliphatic carbocycles. The maximum absolute atomic E-state index is 13.0. The molecule has 4 rings (SSSR count). The number of para-hydroxylation sites is 1. The summed E-state index contributed by atoms with van der Waals surface area (Å²) in [6, 6.07) is 11.9. The number of pyridine rings is 1. The number of benzene rings is 1. The van der Waals surface area contributed by atoms with Crippen LogP contribution in [0.5, 0.6) is 0 Å². The minimum atomic E-state index is -0.0966. The molecule has 1 aromatic carbocycles. The van der Waals surface area contributed by atoms with Crippen LogP contribution in [0.2, 0.25) is 0 Å². The predicted molar refractivity (Wildman–Crippen MR) is 91.8 cm³/mol. The molecule has 1 atom stereocenters. The third-order valence-electron chi connectivity index (χ3n) is 4.56. The summed E-state index contributed by atoms with van der Waals surface area (Å²) >= 11 is 0. The Morgan fingerprint density at radius 2 is 2.00 bits per heavy atom. The van der Waals surface area contributed by atoms with Gasteiger partial charge in [0.15, 0.2) is 0 Å². The third kappa shape index (κ3) is 2.57. The average molecular weight is 321 g/mol. The lowest BCUT2D eigenvalue weighted by Gasteiger charge is -2.33. The lowest BCUT2D eigenvalue weighted by Crippen LogP contribution is -2.42. The number of hydrogen-bond acceptors (Lipinski definition) is 3. The van der Waals surface area contributed by atoms with E-state index in [1.165, 1.54) is 0 Å². The van der Waals surface area contributed by atoms with Gasteiger partial charge >= 0.3 is 0 Å². The third-order valence-corrected chi connectivity index (χ3v) is 4.56. The Morgan fingerprint density at radius 3 is 2.83 bits per heavy atom. The molecule has 0 radical (unpaired) electrons. The topological polar surface area (TPSA) is 47.4 Å². The number of amides is 1. The van der Waals surface area contributed by atoms with E-state index < -0.39 is 0 Å². The number of aromatic nitrogens is 2. The highest BCUT2D eigenvalue weighted by Gasteiger charge is 2.27. The molecule has 2 aromatic heterocycles. The van der Waals surface area contributed by atoms with Crippen LogP contribution in [0.15, 0.2) is 55.0 Å². The summed E-state index contributed by atoms with van der Waals surface area (Å²) in [5, 5.41) is 0.997. The van der Waals surface area contributed by atoms with Crippen molar-refractivity contribution in [2.24, 2.45) is 7.05 Å². The second-order valence-corrected chi connectivity index (χ2v) is 6.06. The number of morpholine rings is 1. The predicted octanol–water partition coefficient (Wildman–Crippen LogP) is 2.79. The van der Waals surface area contributed by atoms with Crippen LogP contribution in [0, 0.1) is 0 Å². The van der Waals surface area contributed by atoms with Crippen molar-refractivity contribution in [2.75, 3.05) is 19.7 Å². The summed E-state index contributed by atoms with van der Waals surface area (Å²) in [6.07, 6.45) is 5.33. The Hall–Kier alpha value is -2.66. The van der Waals surface area contributed by atoms with E-state index in [0.717, 1.165) is 22.0 Å². The van der Waals surface area contributed by atoms with Gasteiger partial charge in [0.1, 0.15) is 6.10 Å². The van der Waals surface area contributed by atoms with Crippen LogP contribution in [0.25, 0.3) is 10.9 Å². The van der Waals surface area contributed by atoms with Crippen molar-refractivity contribution in [1.29, 1.82) is 0 Å². The van der Waals surface area contributed by atoms with Crippen molar-refractivity contribution in [2.45, 2.75) is 6.10 Å². The van der Waals surface area contributed by atoms with E-state index in [1.807, 2.05) is 59.1 Å². The minimum absolute atomic E-state index is 0.0640. The molecule has 0 N–H and O–H groups in total. The molecule has 0 saturated carbocycles. The lowest BCUT2D eigenvalue weighted by molar-refractivity contribution is -0.0227. The molecule has 1 aliphatic heterocycles. The van der Waals surface area contributed by atoms with Crippen LogP contribution in [0.4, 0.5) is 0 Å². The molecule has 1 aliphatic rings. The van der Waals surface area contributed by atoms with Gasteiger partial charge in [0.25, 0.3) is 5.91 Å². The molecule has 1 amide bonds. The van der Waals surface area contributed by atoms with Crippen molar-refractivity contribution >= 4 is 16.8 Å². The van der Waals surface area contributed by atoms with Gasteiger partial charge in [-0.05, 0) is 23.8 Å². The quantitative estimate of drug-likeness (QED) is 0.729. The van der Waals surface area contributed by atoms with Crippen molar-refractivity contribution in [1.82, 2.24) is 14.5 Å². The number of carbonyl (C=O) groups excluding carboxylic acids is 1. The van der Waals surface area contributed by atoms with Gasteiger partial charge < -0.3 is 14.2 Å². The van der Waals surface area contributed by atoms with Gasteiger partial charge in [0, 0.05) is 43.1 Å². The van der Waals surface area contributed by atoms with Gasteiger partial charge in [0.2, 0.25) is 0 Å². The molecule has 1 saturated heterocycles. The summed E-state index contributed by atoms with van der Waals surface area (Å²) < 4.78 is 7.85. The number of aryl methyl sites for hydroxylation is 1. The van der Waals surface area contributed by atoms with Gasteiger partial charge in [-0.25, -0.2) is 0 Å². The smallest absolute Gasteiger partial charge is 0.256 e. The largest absolute Gasteiger partial charge is 0.370 e. The minimum Gasteiger partial charge on any atom is -0.370 e. The molecule has 5 nitrogen and oxygen atoms in total. The average Bonchev–Trinajstić information content (AvgIpc) is 2.99. The number of ether oxygens (including phenoxy) is 1. The lowest BCUT2D eigenvalue weighted by atomic mass is 10.1. The van der Waals surface area contributed by atoms with E-state index in [2.05, 4.69) is 4.98 Å². The fraction of sp³-hybridized carbons (Fsp3) is 0.263. The van der Waals surface area contributed by atoms with Crippen LogP contribution in [0.3, 0.4) is 0 Å². The normalized spacial score (nSPS) is 18.0. The monoisotopic (exact) mass is 321 g/mol. The van der Waals surface area contributed by atoms with E-state index in [0.29, 0.717) is 19.7 Å². The zero-order valence-corrected chi connectivity index (χ0v) is 13.6. The molecule has 24 heavy (non-hydrogen) atoms. The van der Waals surface area contributed by atoms with Crippen LogP contribution in [-0.4, -0.2) is 40.1 Å². The van der Waals surface area contributed by atoms with Gasteiger partial charge in [-0.15, -0.1) is 0 Å². The SMILES string of the molecule is Cn1cc(C(=O)N2CCOC(c3ccncc3)C2)c2ccccc21. The highest BCUT2D eigenvalue weighted by Crippen LogP contribution is 2.26. The van der Waals surface area contributed by atoms with E-state index in [9.17, 15) is 4.79 Å². The molecule has 5 heteroatoms. The summed E-state index contributed by atoms with van der Waals surface area (Å²) in [4.78, 5) is 19.0. The van der Waals surface area contributed by atoms with Crippen LogP contribution in [0.1, 0.15) is 22.0 Å². The number of carbonyl (C=O) groups is 1. The summed E-state index contributed by atoms with van der Waals surface area (Å²) in [5.74, 6) is 0.0640. The summed E-state index contributed by atoms with van der Waals surface area (Å²) in [5.41, 5.74) is 2.88. The molecule has 0 spiro atoms. The Morgan fingerprint density at radius 1 is 1.21 bits per heavy atom. The Balaban J connectivity index is 1.62. The molecule has 1 unspecified atom stereocenters. The molecule has 3 aromatic rings. The van der Waals surface area contributed by atoms with E-state index in [1.54, 1.807) is 12.4 Å².